The fourth-order valence-corrected chi connectivity index (χ4v) is 4.05. The minimum Gasteiger partial charge on any atom is -0.384 e. The van der Waals surface area contributed by atoms with Crippen LogP contribution < -0.4 is 0 Å². The van der Waals surface area contributed by atoms with Gasteiger partial charge in [0.25, 0.3) is 5.91 Å². The quantitative estimate of drug-likeness (QED) is 0.854. The number of methoxy groups -OCH3 is 1. The number of benzene rings is 1. The summed E-state index contributed by atoms with van der Waals surface area (Å²) >= 11 is 0. The Kier molecular flexibility index (Phi) is 4.09. The molecule has 4 rings (SSSR count). The Labute approximate surface area is 146 Å². The van der Waals surface area contributed by atoms with Crippen LogP contribution in [0, 0.1) is 18.3 Å². The monoisotopic (exact) mass is 342 g/mol. The molecular weight excluding hydrogens is 320 g/mol. The zero-order chi connectivity index (χ0) is 17.4. The van der Waals surface area contributed by atoms with Crippen LogP contribution in [0.1, 0.15) is 16.1 Å². The van der Waals surface area contributed by atoms with Gasteiger partial charge in [0.05, 0.1) is 19.8 Å². The summed E-state index contributed by atoms with van der Waals surface area (Å²) in [7, 11) is 1.70. The van der Waals surface area contributed by atoms with Crippen LogP contribution in [0.5, 0.6) is 0 Å². The topological polar surface area (TPSA) is 64.8 Å². The number of hydrogen-bond donors (Lipinski definition) is 0. The first-order valence-electron chi connectivity index (χ1n) is 8.52. The molecule has 1 aromatic carbocycles. The standard InChI is InChI=1S/C19H22N2O4/c1-13-16(17(20-25-13)14-6-4-3-5-7-14)18(22)21-8-15-9-24-12-19(15,10-21)11-23-2/h3-7,15H,8-12H2,1-2H3/t15-,19-/m0/s1. The lowest BCUT2D eigenvalue weighted by Crippen LogP contribution is -2.37. The minimum absolute atomic E-state index is 0.0255. The molecule has 0 spiro atoms. The molecule has 6 heteroatoms. The van der Waals surface area contributed by atoms with Gasteiger partial charge in [-0.25, -0.2) is 0 Å². The average Bonchev–Trinajstić information content (AvgIpc) is 3.27. The van der Waals surface area contributed by atoms with Crippen molar-refractivity contribution in [3.63, 3.8) is 0 Å². The number of rotatable bonds is 4. The largest absolute Gasteiger partial charge is 0.384 e. The van der Waals surface area contributed by atoms with E-state index in [-0.39, 0.29) is 11.3 Å². The summed E-state index contributed by atoms with van der Waals surface area (Å²) in [5, 5.41) is 4.13. The Balaban J connectivity index is 1.64. The minimum atomic E-state index is -0.0949. The van der Waals surface area contributed by atoms with Gasteiger partial charge in [-0.3, -0.25) is 4.79 Å². The van der Waals surface area contributed by atoms with Gasteiger partial charge in [-0.1, -0.05) is 35.5 Å². The highest BCUT2D eigenvalue weighted by Gasteiger charge is 2.52. The van der Waals surface area contributed by atoms with Crippen molar-refractivity contribution in [3.8, 4) is 11.3 Å². The molecule has 0 N–H and O–H groups in total. The highest BCUT2D eigenvalue weighted by atomic mass is 16.5. The van der Waals surface area contributed by atoms with Gasteiger partial charge in [0.15, 0.2) is 0 Å². The summed E-state index contributed by atoms with van der Waals surface area (Å²) in [6.07, 6.45) is 0. The first-order chi connectivity index (χ1) is 12.1. The number of ether oxygens (including phenoxy) is 2. The number of aromatic nitrogens is 1. The third kappa shape index (κ3) is 2.65. The molecule has 2 aromatic rings. The molecule has 0 saturated carbocycles. The van der Waals surface area contributed by atoms with E-state index in [0.29, 0.717) is 55.8 Å². The molecule has 2 atom stereocenters. The van der Waals surface area contributed by atoms with Crippen molar-refractivity contribution >= 4 is 5.91 Å². The van der Waals surface area contributed by atoms with Gasteiger partial charge >= 0.3 is 0 Å². The molecule has 0 unspecified atom stereocenters. The molecule has 1 amide bonds. The van der Waals surface area contributed by atoms with Crippen molar-refractivity contribution in [2.45, 2.75) is 6.92 Å². The second-order valence-electron chi connectivity index (χ2n) is 7.02. The number of nitrogens with zero attached hydrogens (tertiary/aromatic N) is 2. The smallest absolute Gasteiger partial charge is 0.259 e. The van der Waals surface area contributed by atoms with Gasteiger partial charge in [0.2, 0.25) is 0 Å². The second-order valence-corrected chi connectivity index (χ2v) is 7.02. The maximum Gasteiger partial charge on any atom is 0.259 e. The number of amides is 1. The van der Waals surface area contributed by atoms with Gasteiger partial charge in [0, 0.05) is 37.1 Å². The molecule has 132 valence electrons. The molecule has 0 radical (unpaired) electrons. The number of likely N-dealkylation sites (tertiary alicyclic amines) is 1. The third-order valence-corrected chi connectivity index (χ3v) is 5.36. The van der Waals surface area contributed by atoms with Gasteiger partial charge < -0.3 is 18.9 Å². The summed E-state index contributed by atoms with van der Waals surface area (Å²) in [6, 6.07) is 9.67. The first-order valence-corrected chi connectivity index (χ1v) is 8.52. The summed E-state index contributed by atoms with van der Waals surface area (Å²) in [5.41, 5.74) is 1.96. The van der Waals surface area contributed by atoms with Gasteiger partial charge in [-0.2, -0.15) is 0 Å². The van der Waals surface area contributed by atoms with E-state index in [1.165, 1.54) is 0 Å². The predicted octanol–water partition coefficient (Wildman–Crippen LogP) is 2.39. The van der Waals surface area contributed by atoms with Gasteiger partial charge in [0.1, 0.15) is 17.0 Å². The Hall–Kier alpha value is -2.18. The second kappa shape index (κ2) is 6.28. The molecule has 2 aliphatic rings. The van der Waals surface area contributed by atoms with Crippen LogP contribution in [0.4, 0.5) is 0 Å². The average molecular weight is 342 g/mol. The van der Waals surface area contributed by atoms with Crippen molar-refractivity contribution in [2.75, 3.05) is 40.0 Å². The number of hydrogen-bond acceptors (Lipinski definition) is 5. The van der Waals surface area contributed by atoms with E-state index in [0.717, 1.165) is 5.56 Å². The van der Waals surface area contributed by atoms with Crippen molar-refractivity contribution in [2.24, 2.45) is 11.3 Å². The fourth-order valence-electron chi connectivity index (χ4n) is 4.05. The molecule has 1 aromatic heterocycles. The fraction of sp³-hybridized carbons (Fsp3) is 0.474. The Bertz CT molecular complexity index is 773. The molecule has 3 heterocycles. The van der Waals surface area contributed by atoms with Crippen LogP contribution in [-0.2, 0) is 9.47 Å². The molecular formula is C19H22N2O4. The molecule has 0 bridgehead atoms. The number of carbonyl (C=O) groups is 1. The van der Waals surface area contributed by atoms with E-state index < -0.39 is 0 Å². The molecule has 6 nitrogen and oxygen atoms in total. The molecule has 2 aliphatic heterocycles. The van der Waals surface area contributed by atoms with E-state index in [4.69, 9.17) is 14.0 Å². The highest BCUT2D eigenvalue weighted by Crippen LogP contribution is 2.42. The first kappa shape index (κ1) is 16.3. The van der Waals surface area contributed by atoms with E-state index in [1.54, 1.807) is 14.0 Å². The number of aryl methyl sites for hydroxylation is 1. The summed E-state index contributed by atoms with van der Waals surface area (Å²) in [6.45, 7) is 5.04. The van der Waals surface area contributed by atoms with E-state index in [2.05, 4.69) is 5.16 Å². The maximum atomic E-state index is 13.2. The lowest BCUT2D eigenvalue weighted by atomic mass is 9.82. The van der Waals surface area contributed by atoms with E-state index in [1.807, 2.05) is 35.2 Å². The van der Waals surface area contributed by atoms with Crippen LogP contribution in [0.25, 0.3) is 11.3 Å². The van der Waals surface area contributed by atoms with E-state index in [9.17, 15) is 4.79 Å². The van der Waals surface area contributed by atoms with Crippen molar-refractivity contribution in [3.05, 3.63) is 41.7 Å². The lowest BCUT2D eigenvalue weighted by molar-refractivity contribution is 0.0488. The van der Waals surface area contributed by atoms with Gasteiger partial charge in [-0.15, -0.1) is 0 Å². The zero-order valence-corrected chi connectivity index (χ0v) is 14.5. The van der Waals surface area contributed by atoms with Crippen molar-refractivity contribution in [1.29, 1.82) is 0 Å². The van der Waals surface area contributed by atoms with Crippen LogP contribution in [0.2, 0.25) is 0 Å². The molecule has 2 fully saturated rings. The van der Waals surface area contributed by atoms with Crippen molar-refractivity contribution in [1.82, 2.24) is 10.1 Å². The van der Waals surface area contributed by atoms with Crippen LogP contribution in [0.15, 0.2) is 34.9 Å². The Morgan fingerprint density at radius 2 is 2.20 bits per heavy atom. The Morgan fingerprint density at radius 1 is 1.40 bits per heavy atom. The van der Waals surface area contributed by atoms with Crippen LogP contribution in [-0.4, -0.2) is 56.0 Å². The maximum absolute atomic E-state index is 13.2. The summed E-state index contributed by atoms with van der Waals surface area (Å²) in [4.78, 5) is 15.1. The highest BCUT2D eigenvalue weighted by molar-refractivity contribution is 6.01. The number of fused-ring (bicyclic) bond motifs is 1. The molecule has 2 saturated heterocycles. The van der Waals surface area contributed by atoms with E-state index >= 15 is 0 Å². The van der Waals surface area contributed by atoms with Gasteiger partial charge in [-0.05, 0) is 6.92 Å². The predicted molar refractivity (Wildman–Crippen MR) is 91.2 cm³/mol. The normalized spacial score (nSPS) is 25.4. The van der Waals surface area contributed by atoms with Crippen LogP contribution >= 0.6 is 0 Å². The molecule has 25 heavy (non-hydrogen) atoms. The SMILES string of the molecule is COC[C@@]12COC[C@@H]1CN(C(=O)c1c(-c3ccccc3)noc1C)C2. The van der Waals surface area contributed by atoms with Crippen molar-refractivity contribution < 1.29 is 18.8 Å². The zero-order valence-electron chi connectivity index (χ0n) is 14.5. The van der Waals surface area contributed by atoms with Crippen LogP contribution in [0.3, 0.4) is 0 Å². The molecule has 0 aliphatic carbocycles. The summed E-state index contributed by atoms with van der Waals surface area (Å²) in [5.74, 6) is 0.845. The Morgan fingerprint density at radius 3 is 2.96 bits per heavy atom. The lowest BCUT2D eigenvalue weighted by Gasteiger charge is -2.26. The third-order valence-electron chi connectivity index (χ3n) is 5.36. The number of carbonyl (C=O) groups excluding carboxylic acids is 1. The summed E-state index contributed by atoms with van der Waals surface area (Å²) < 4.78 is 16.4.